The lowest BCUT2D eigenvalue weighted by Gasteiger charge is -2.33. The van der Waals surface area contributed by atoms with Crippen molar-refractivity contribution in [1.29, 1.82) is 0 Å². The quantitative estimate of drug-likeness (QED) is 0.698. The fourth-order valence-corrected chi connectivity index (χ4v) is 3.56. The van der Waals surface area contributed by atoms with Gasteiger partial charge >= 0.3 is 0 Å². The molecule has 160 valence electrons. The Morgan fingerprint density at radius 3 is 2.24 bits per heavy atom. The zero-order valence-electron chi connectivity index (χ0n) is 17.9. The second kappa shape index (κ2) is 10.8. The van der Waals surface area contributed by atoms with Gasteiger partial charge in [-0.1, -0.05) is 26.0 Å². The van der Waals surface area contributed by atoms with Gasteiger partial charge in [0.05, 0.1) is 19.6 Å². The van der Waals surface area contributed by atoms with Crippen molar-refractivity contribution in [3.63, 3.8) is 0 Å². The number of likely N-dealkylation sites (tertiary alicyclic amines) is 1. The minimum atomic E-state index is -0.397. The molecule has 0 saturated carbocycles. The Hall–Kier alpha value is -2.57. The summed E-state index contributed by atoms with van der Waals surface area (Å²) in [5.74, 6) is 0.972. The van der Waals surface area contributed by atoms with Gasteiger partial charge in [-0.2, -0.15) is 0 Å². The molecule has 1 unspecified atom stereocenters. The molecule has 1 aliphatic rings. The third-order valence-corrected chi connectivity index (χ3v) is 5.08. The fourth-order valence-electron chi connectivity index (χ4n) is 3.56. The highest BCUT2D eigenvalue weighted by atomic mass is 16.5. The van der Waals surface area contributed by atoms with Gasteiger partial charge in [0, 0.05) is 32.5 Å². The van der Waals surface area contributed by atoms with Gasteiger partial charge in [0.1, 0.15) is 5.75 Å². The SMILES string of the molecule is COc1ccc(C(CC(=O)NC2CCN(C(=O)CC(C)C)CC2)NC(C)=O)cc1. The summed E-state index contributed by atoms with van der Waals surface area (Å²) < 4.78 is 5.16. The molecule has 1 fully saturated rings. The van der Waals surface area contributed by atoms with Crippen LogP contribution in [0.3, 0.4) is 0 Å². The van der Waals surface area contributed by atoms with Gasteiger partial charge < -0.3 is 20.3 Å². The molecule has 1 aromatic carbocycles. The molecule has 0 aromatic heterocycles. The Kier molecular flexibility index (Phi) is 8.49. The molecular weight excluding hydrogens is 370 g/mol. The van der Waals surface area contributed by atoms with Crippen LogP contribution < -0.4 is 15.4 Å². The van der Waals surface area contributed by atoms with E-state index in [2.05, 4.69) is 10.6 Å². The molecule has 7 nitrogen and oxygen atoms in total. The zero-order valence-corrected chi connectivity index (χ0v) is 17.9. The molecule has 2 rings (SSSR count). The first-order chi connectivity index (χ1) is 13.8. The normalized spacial score (nSPS) is 15.7. The molecule has 1 heterocycles. The number of methoxy groups -OCH3 is 1. The van der Waals surface area contributed by atoms with Crippen LogP contribution in [0.1, 0.15) is 58.1 Å². The van der Waals surface area contributed by atoms with E-state index in [1.807, 2.05) is 43.0 Å². The Morgan fingerprint density at radius 2 is 1.72 bits per heavy atom. The Labute approximate surface area is 173 Å². The average molecular weight is 404 g/mol. The molecule has 1 saturated heterocycles. The Balaban J connectivity index is 1.88. The Bertz CT molecular complexity index is 695. The van der Waals surface area contributed by atoms with Crippen molar-refractivity contribution < 1.29 is 19.1 Å². The van der Waals surface area contributed by atoms with Crippen LogP contribution in [0.2, 0.25) is 0 Å². The maximum atomic E-state index is 12.6. The number of amides is 3. The predicted octanol–water partition coefficient (Wildman–Crippen LogP) is 2.42. The third kappa shape index (κ3) is 7.40. The van der Waals surface area contributed by atoms with Crippen molar-refractivity contribution in [2.24, 2.45) is 5.92 Å². The van der Waals surface area contributed by atoms with Crippen LogP contribution in [0.15, 0.2) is 24.3 Å². The van der Waals surface area contributed by atoms with Crippen LogP contribution in [0.4, 0.5) is 0 Å². The van der Waals surface area contributed by atoms with Gasteiger partial charge in [0.25, 0.3) is 0 Å². The summed E-state index contributed by atoms with van der Waals surface area (Å²) in [6.45, 7) is 6.87. The second-order valence-corrected chi connectivity index (χ2v) is 8.05. The highest BCUT2D eigenvalue weighted by Crippen LogP contribution is 2.21. The van der Waals surface area contributed by atoms with Crippen molar-refractivity contribution in [1.82, 2.24) is 15.5 Å². The van der Waals surface area contributed by atoms with Gasteiger partial charge in [-0.15, -0.1) is 0 Å². The van der Waals surface area contributed by atoms with E-state index in [9.17, 15) is 14.4 Å². The minimum Gasteiger partial charge on any atom is -0.497 e. The van der Waals surface area contributed by atoms with Crippen molar-refractivity contribution in [2.75, 3.05) is 20.2 Å². The summed E-state index contributed by atoms with van der Waals surface area (Å²) in [7, 11) is 1.59. The molecule has 0 aliphatic carbocycles. The van der Waals surface area contributed by atoms with E-state index in [1.54, 1.807) is 7.11 Å². The summed E-state index contributed by atoms with van der Waals surface area (Å²) in [6.07, 6.45) is 2.24. The molecule has 29 heavy (non-hydrogen) atoms. The van der Waals surface area contributed by atoms with E-state index in [0.717, 1.165) is 24.2 Å². The van der Waals surface area contributed by atoms with E-state index >= 15 is 0 Å². The molecule has 1 aromatic rings. The lowest BCUT2D eigenvalue weighted by atomic mass is 10.0. The second-order valence-electron chi connectivity index (χ2n) is 8.05. The number of carbonyl (C=O) groups is 3. The van der Waals surface area contributed by atoms with E-state index in [1.165, 1.54) is 6.92 Å². The summed E-state index contributed by atoms with van der Waals surface area (Å²) in [5.41, 5.74) is 0.852. The number of carbonyl (C=O) groups excluding carboxylic acids is 3. The van der Waals surface area contributed by atoms with Gasteiger partial charge in [-0.25, -0.2) is 0 Å². The number of benzene rings is 1. The van der Waals surface area contributed by atoms with Crippen molar-refractivity contribution in [3.8, 4) is 5.75 Å². The van der Waals surface area contributed by atoms with E-state index < -0.39 is 6.04 Å². The first-order valence-corrected chi connectivity index (χ1v) is 10.3. The predicted molar refractivity (Wildman–Crippen MR) is 111 cm³/mol. The fraction of sp³-hybridized carbons (Fsp3) is 0.591. The van der Waals surface area contributed by atoms with Crippen LogP contribution in [0.5, 0.6) is 5.75 Å². The Morgan fingerprint density at radius 1 is 1.10 bits per heavy atom. The average Bonchev–Trinajstić information content (AvgIpc) is 2.67. The number of ether oxygens (including phenoxy) is 1. The third-order valence-electron chi connectivity index (χ3n) is 5.08. The number of hydrogen-bond donors (Lipinski definition) is 2. The summed E-state index contributed by atoms with van der Waals surface area (Å²) in [4.78, 5) is 38.3. The molecule has 0 radical (unpaired) electrons. The first-order valence-electron chi connectivity index (χ1n) is 10.3. The first kappa shape index (κ1) is 22.7. The van der Waals surface area contributed by atoms with Gasteiger partial charge in [-0.05, 0) is 36.5 Å². The number of rotatable bonds is 8. The molecule has 1 aliphatic heterocycles. The van der Waals surface area contributed by atoms with Crippen LogP contribution in [0.25, 0.3) is 0 Å². The highest BCUT2D eigenvalue weighted by Gasteiger charge is 2.25. The summed E-state index contributed by atoms with van der Waals surface area (Å²) in [5, 5.41) is 5.91. The summed E-state index contributed by atoms with van der Waals surface area (Å²) in [6, 6.07) is 6.99. The van der Waals surface area contributed by atoms with Crippen LogP contribution in [-0.4, -0.2) is 48.9 Å². The minimum absolute atomic E-state index is 0.0550. The maximum absolute atomic E-state index is 12.6. The highest BCUT2D eigenvalue weighted by molar-refractivity contribution is 5.79. The molecular formula is C22H33N3O4. The molecule has 1 atom stereocenters. The van der Waals surface area contributed by atoms with Gasteiger partial charge in [0.15, 0.2) is 0 Å². The maximum Gasteiger partial charge on any atom is 0.222 e. The van der Waals surface area contributed by atoms with Crippen LogP contribution in [0, 0.1) is 5.92 Å². The lowest BCUT2D eigenvalue weighted by Crippen LogP contribution is -2.47. The largest absolute Gasteiger partial charge is 0.497 e. The molecule has 3 amide bonds. The van der Waals surface area contributed by atoms with Crippen LogP contribution in [-0.2, 0) is 14.4 Å². The van der Waals surface area contributed by atoms with E-state index in [4.69, 9.17) is 4.74 Å². The molecule has 0 spiro atoms. The van der Waals surface area contributed by atoms with Crippen molar-refractivity contribution in [3.05, 3.63) is 29.8 Å². The number of piperidine rings is 1. The van der Waals surface area contributed by atoms with E-state index in [-0.39, 0.29) is 30.2 Å². The smallest absolute Gasteiger partial charge is 0.222 e. The number of nitrogens with zero attached hydrogens (tertiary/aromatic N) is 1. The molecule has 0 bridgehead atoms. The van der Waals surface area contributed by atoms with Crippen molar-refractivity contribution >= 4 is 17.7 Å². The topological polar surface area (TPSA) is 87.7 Å². The molecule has 7 heteroatoms. The number of nitrogens with one attached hydrogen (secondary N) is 2. The zero-order chi connectivity index (χ0) is 21.4. The molecule has 2 N–H and O–H groups in total. The monoisotopic (exact) mass is 403 g/mol. The van der Waals surface area contributed by atoms with Gasteiger partial charge in [0.2, 0.25) is 17.7 Å². The standard InChI is InChI=1S/C22H33N3O4/c1-15(2)13-22(28)25-11-9-18(10-12-25)24-21(27)14-20(23-16(3)26)17-5-7-19(29-4)8-6-17/h5-8,15,18,20H,9-14H2,1-4H3,(H,23,26)(H,24,27). The lowest BCUT2D eigenvalue weighted by molar-refractivity contribution is -0.133. The summed E-state index contributed by atoms with van der Waals surface area (Å²) >= 11 is 0. The van der Waals surface area contributed by atoms with Crippen molar-refractivity contribution in [2.45, 2.75) is 58.5 Å². The van der Waals surface area contributed by atoms with Crippen LogP contribution >= 0.6 is 0 Å². The van der Waals surface area contributed by atoms with E-state index in [0.29, 0.717) is 25.4 Å². The van der Waals surface area contributed by atoms with Gasteiger partial charge in [-0.3, -0.25) is 14.4 Å². The number of hydrogen-bond acceptors (Lipinski definition) is 4.